The predicted molar refractivity (Wildman–Crippen MR) is 131 cm³/mol. The van der Waals surface area contributed by atoms with E-state index in [9.17, 15) is 14.0 Å². The fourth-order valence-electron chi connectivity index (χ4n) is 4.40. The topological polar surface area (TPSA) is 93.0 Å². The van der Waals surface area contributed by atoms with Crippen LogP contribution in [0.5, 0.6) is 0 Å². The van der Waals surface area contributed by atoms with E-state index in [1.807, 2.05) is 48.7 Å². The van der Waals surface area contributed by atoms with Gasteiger partial charge in [0.15, 0.2) is 5.82 Å². The van der Waals surface area contributed by atoms with Crippen molar-refractivity contribution in [2.75, 3.05) is 10.2 Å². The van der Waals surface area contributed by atoms with E-state index in [-0.39, 0.29) is 23.9 Å². The van der Waals surface area contributed by atoms with E-state index >= 15 is 0 Å². The number of anilines is 2. The number of hydrogen-bond acceptors (Lipinski definition) is 6. The Balaban J connectivity index is 1.48. The van der Waals surface area contributed by atoms with E-state index in [1.54, 1.807) is 17.9 Å². The van der Waals surface area contributed by atoms with Crippen molar-refractivity contribution in [3.8, 4) is 5.69 Å². The van der Waals surface area contributed by atoms with E-state index in [4.69, 9.17) is 0 Å². The second-order valence-electron chi connectivity index (χ2n) is 8.50. The monoisotopic (exact) mass is 490 g/mol. The summed E-state index contributed by atoms with van der Waals surface area (Å²) in [5.41, 5.74) is 2.37. The van der Waals surface area contributed by atoms with E-state index < -0.39 is 17.8 Å². The Morgan fingerprint density at radius 3 is 2.57 bits per heavy atom. The number of rotatable bonds is 5. The molecule has 0 saturated carbocycles. The van der Waals surface area contributed by atoms with Crippen LogP contribution in [0, 0.1) is 25.6 Å². The smallest absolute Gasteiger partial charge is 0.230 e. The third-order valence-corrected chi connectivity index (χ3v) is 7.10. The number of carbonyl (C=O) groups excluding carboxylic acids is 2. The van der Waals surface area contributed by atoms with Gasteiger partial charge in [-0.15, -0.1) is 16.4 Å². The van der Waals surface area contributed by atoms with Crippen LogP contribution in [-0.4, -0.2) is 32.0 Å². The Bertz CT molecular complexity index is 1370. The van der Waals surface area contributed by atoms with Gasteiger partial charge in [0.25, 0.3) is 0 Å². The first kappa shape index (κ1) is 22.9. The number of carbonyl (C=O) groups is 2. The zero-order chi connectivity index (χ0) is 24.5. The molecular weight excluding hydrogens is 467 g/mol. The Kier molecular flexibility index (Phi) is 6.12. The number of aryl methyl sites for hydroxylation is 2. The molecular formula is C25H23FN6O2S. The van der Waals surface area contributed by atoms with Crippen molar-refractivity contribution in [3.63, 3.8) is 0 Å². The van der Waals surface area contributed by atoms with Gasteiger partial charge in [-0.2, -0.15) is 4.68 Å². The number of piperidine rings is 1. The molecule has 178 valence electrons. The number of halogens is 1. The van der Waals surface area contributed by atoms with Crippen LogP contribution < -0.4 is 10.2 Å². The molecule has 0 radical (unpaired) electrons. The zero-order valence-electron chi connectivity index (χ0n) is 19.2. The van der Waals surface area contributed by atoms with Crippen molar-refractivity contribution < 1.29 is 14.0 Å². The van der Waals surface area contributed by atoms with Gasteiger partial charge in [0, 0.05) is 17.0 Å². The van der Waals surface area contributed by atoms with Crippen LogP contribution >= 0.6 is 11.3 Å². The number of aromatic nitrogens is 4. The molecule has 1 aliphatic rings. The van der Waals surface area contributed by atoms with E-state index in [0.29, 0.717) is 17.9 Å². The fraction of sp³-hybridized carbons (Fsp3) is 0.240. The Morgan fingerprint density at radius 1 is 1.11 bits per heavy atom. The van der Waals surface area contributed by atoms with Gasteiger partial charge >= 0.3 is 0 Å². The highest BCUT2D eigenvalue weighted by atomic mass is 32.1. The minimum Gasteiger partial charge on any atom is -0.323 e. The van der Waals surface area contributed by atoms with Crippen molar-refractivity contribution in [2.45, 2.75) is 32.7 Å². The van der Waals surface area contributed by atoms with Gasteiger partial charge in [-0.25, -0.2) is 4.39 Å². The van der Waals surface area contributed by atoms with E-state index in [0.717, 1.165) is 16.1 Å². The van der Waals surface area contributed by atoms with E-state index in [2.05, 4.69) is 20.8 Å². The highest BCUT2D eigenvalue weighted by Gasteiger charge is 2.42. The maximum absolute atomic E-state index is 14.7. The van der Waals surface area contributed by atoms with Gasteiger partial charge in [0.2, 0.25) is 11.8 Å². The van der Waals surface area contributed by atoms with Gasteiger partial charge in [0.05, 0.1) is 23.3 Å². The van der Waals surface area contributed by atoms with Crippen molar-refractivity contribution in [1.82, 2.24) is 20.2 Å². The number of amides is 2. The minimum absolute atomic E-state index is 0.0334. The van der Waals surface area contributed by atoms with Crippen molar-refractivity contribution in [3.05, 3.63) is 82.1 Å². The molecule has 10 heteroatoms. The van der Waals surface area contributed by atoms with Crippen LogP contribution in [0.1, 0.15) is 35.1 Å². The molecule has 1 saturated heterocycles. The first-order valence-electron chi connectivity index (χ1n) is 11.2. The summed E-state index contributed by atoms with van der Waals surface area (Å²) in [5, 5.41) is 16.1. The highest BCUT2D eigenvalue weighted by molar-refractivity contribution is 7.10. The van der Waals surface area contributed by atoms with Crippen molar-refractivity contribution in [2.24, 2.45) is 5.92 Å². The average molecular weight is 491 g/mol. The molecule has 0 bridgehead atoms. The van der Waals surface area contributed by atoms with E-state index in [1.165, 1.54) is 28.2 Å². The summed E-state index contributed by atoms with van der Waals surface area (Å²) in [6.07, 6.45) is 0.586. The maximum atomic E-state index is 14.7. The first-order valence-corrected chi connectivity index (χ1v) is 12.1. The lowest BCUT2D eigenvalue weighted by molar-refractivity contribution is -0.125. The molecule has 35 heavy (non-hydrogen) atoms. The highest BCUT2D eigenvalue weighted by Crippen LogP contribution is 2.42. The molecule has 5 rings (SSSR count). The van der Waals surface area contributed by atoms with Crippen LogP contribution in [0.15, 0.2) is 60.0 Å². The summed E-state index contributed by atoms with van der Waals surface area (Å²) in [7, 11) is 0. The Hall–Kier alpha value is -3.92. The van der Waals surface area contributed by atoms with Gasteiger partial charge < -0.3 is 10.2 Å². The quantitative estimate of drug-likeness (QED) is 0.441. The van der Waals surface area contributed by atoms with Crippen LogP contribution in [0.4, 0.5) is 15.8 Å². The molecule has 8 nitrogen and oxygen atoms in total. The largest absolute Gasteiger partial charge is 0.323 e. The zero-order valence-corrected chi connectivity index (χ0v) is 20.0. The van der Waals surface area contributed by atoms with Crippen molar-refractivity contribution in [1.29, 1.82) is 0 Å². The summed E-state index contributed by atoms with van der Waals surface area (Å²) >= 11 is 1.49. The number of hydrogen-bond donors (Lipinski definition) is 1. The van der Waals surface area contributed by atoms with Crippen LogP contribution in [0.2, 0.25) is 0 Å². The summed E-state index contributed by atoms with van der Waals surface area (Å²) in [6, 6.07) is 15.3. The summed E-state index contributed by atoms with van der Waals surface area (Å²) in [6.45, 7) is 3.71. The minimum atomic E-state index is -0.567. The lowest BCUT2D eigenvalue weighted by atomic mass is 9.86. The first-order chi connectivity index (χ1) is 16.9. The lowest BCUT2D eigenvalue weighted by Gasteiger charge is -2.40. The number of thiophene rings is 1. The summed E-state index contributed by atoms with van der Waals surface area (Å²) in [5.74, 6) is -0.990. The molecule has 2 aromatic carbocycles. The molecule has 2 amide bonds. The summed E-state index contributed by atoms with van der Waals surface area (Å²) in [4.78, 5) is 29.3. The molecule has 1 fully saturated rings. The number of tetrazole rings is 1. The number of nitrogens with zero attached hydrogens (tertiary/aromatic N) is 5. The van der Waals surface area contributed by atoms with Crippen LogP contribution in [0.3, 0.4) is 0 Å². The normalized spacial score (nSPS) is 18.0. The average Bonchev–Trinajstić information content (AvgIpc) is 3.53. The fourth-order valence-corrected chi connectivity index (χ4v) is 5.28. The maximum Gasteiger partial charge on any atom is 0.230 e. The Morgan fingerprint density at radius 2 is 1.89 bits per heavy atom. The standard InChI is InChI=1S/C25H23FN6O2S/c1-15-5-7-17(8-6-15)31-23(33)12-10-19(24(31)22-4-3-13-35-22)25(34)27-21-14-18(9-11-20(21)26)32-16(2)28-29-30-32/h3-9,11,13-14,19,24H,10,12H2,1-2H3,(H,27,34). The molecule has 0 aliphatic carbocycles. The molecule has 1 N–H and O–H groups in total. The molecule has 2 atom stereocenters. The van der Waals surface area contributed by atoms with Crippen molar-refractivity contribution >= 4 is 34.5 Å². The van der Waals surface area contributed by atoms with Crippen LogP contribution in [-0.2, 0) is 9.59 Å². The van der Waals surface area contributed by atoms with Crippen LogP contribution in [0.25, 0.3) is 5.69 Å². The lowest BCUT2D eigenvalue weighted by Crippen LogP contribution is -2.46. The molecule has 0 spiro atoms. The van der Waals surface area contributed by atoms with Gasteiger partial charge in [-0.1, -0.05) is 23.8 Å². The van der Waals surface area contributed by atoms with Gasteiger partial charge in [-0.3, -0.25) is 9.59 Å². The summed E-state index contributed by atoms with van der Waals surface area (Å²) < 4.78 is 16.2. The predicted octanol–water partition coefficient (Wildman–Crippen LogP) is 4.60. The molecule has 2 aromatic heterocycles. The number of nitrogens with one attached hydrogen (secondary N) is 1. The number of benzene rings is 2. The second kappa shape index (κ2) is 9.38. The third-order valence-electron chi connectivity index (χ3n) is 6.16. The Labute approximate surface area is 205 Å². The second-order valence-corrected chi connectivity index (χ2v) is 9.48. The molecule has 4 aromatic rings. The third kappa shape index (κ3) is 4.44. The molecule has 3 heterocycles. The SMILES string of the molecule is Cc1ccc(N2C(=O)CCC(C(=O)Nc3cc(-n4nnnc4C)ccc3F)C2c2cccs2)cc1. The van der Waals surface area contributed by atoms with Gasteiger partial charge in [0.1, 0.15) is 5.82 Å². The molecule has 2 unspecified atom stereocenters. The molecule has 1 aliphatic heterocycles. The van der Waals surface area contributed by atoms with Gasteiger partial charge in [-0.05, 0) is 72.5 Å².